The molecule has 0 rings (SSSR count). The largest absolute Gasteiger partial charge is 2.00 e. The Morgan fingerprint density at radius 1 is 0.382 bits per heavy atom. The monoisotopic (exact) mass is 584 g/mol. The van der Waals surface area contributed by atoms with Gasteiger partial charge in [-0.3, -0.25) is 9.59 Å². The topological polar surface area (TPSA) is 74.6 Å². The summed E-state index contributed by atoms with van der Waals surface area (Å²) in [6.07, 6.45) is 28.7. The second kappa shape index (κ2) is 37.7. The molecule has 0 saturated carbocycles. The van der Waals surface area contributed by atoms with Gasteiger partial charge in [-0.05, 0) is 12.8 Å². The quantitative estimate of drug-likeness (QED) is 0.0871. The fraction of sp³-hybridized carbons (Fsp3) is 0.929. The van der Waals surface area contributed by atoms with Gasteiger partial charge in [0.05, 0.1) is 0 Å². The molecule has 4 nitrogen and oxygen atoms in total. The number of carboxylic acids is 2. The zero-order valence-corrected chi connectivity index (χ0v) is 29.0. The molecule has 2 N–H and O–H groups in total. The van der Waals surface area contributed by atoms with Crippen LogP contribution in [0, 0.1) is 0 Å². The number of carboxylic acid groups (broad SMARTS) is 2. The summed E-state index contributed by atoms with van der Waals surface area (Å²) < 4.78 is 0. The third-order valence-corrected chi connectivity index (χ3v) is 5.99. The fourth-order valence-corrected chi connectivity index (χ4v) is 3.88. The smallest absolute Gasteiger partial charge is 0.481 e. The van der Waals surface area contributed by atoms with Crippen LogP contribution in [0.1, 0.15) is 168 Å². The van der Waals surface area contributed by atoms with E-state index in [0.29, 0.717) is 12.8 Å². The van der Waals surface area contributed by atoms with Crippen LogP contribution in [0.2, 0.25) is 0 Å². The van der Waals surface area contributed by atoms with Gasteiger partial charge in [0, 0.05) is 12.8 Å². The number of aliphatic carboxylic acids is 2. The molecule has 0 aliphatic rings. The zero-order chi connectivity index (χ0) is 24.1. The van der Waals surface area contributed by atoms with Crippen molar-refractivity contribution in [2.45, 2.75) is 168 Å². The Hall–Kier alpha value is 0.187. The molecule has 0 heterocycles. The SMILES string of the molecule is CCCCCCCCCCCCCC(=O)O.CCCCCCCCCCCCCC(=O)O.[Zn+2].[Zn+2]. The molecular formula is C28H56O4Zn2+4. The third kappa shape index (κ3) is 45.7. The maximum Gasteiger partial charge on any atom is 2.00 e. The Morgan fingerprint density at radius 3 is 0.735 bits per heavy atom. The molecule has 0 saturated heterocycles. The molecule has 0 unspecified atom stereocenters. The minimum atomic E-state index is -0.657. The van der Waals surface area contributed by atoms with E-state index >= 15 is 0 Å². The summed E-state index contributed by atoms with van der Waals surface area (Å²) in [6.45, 7) is 4.49. The van der Waals surface area contributed by atoms with Crippen LogP contribution >= 0.6 is 0 Å². The van der Waals surface area contributed by atoms with Crippen molar-refractivity contribution in [1.29, 1.82) is 0 Å². The molecule has 0 fully saturated rings. The van der Waals surface area contributed by atoms with Gasteiger partial charge in [0.2, 0.25) is 0 Å². The van der Waals surface area contributed by atoms with Gasteiger partial charge in [0.15, 0.2) is 0 Å². The van der Waals surface area contributed by atoms with Crippen LogP contribution in [0.15, 0.2) is 0 Å². The number of carbonyl (C=O) groups is 2. The first-order valence-corrected chi connectivity index (χ1v) is 14.0. The van der Waals surface area contributed by atoms with Crippen molar-refractivity contribution in [3.63, 3.8) is 0 Å². The molecule has 192 valence electrons. The summed E-state index contributed by atoms with van der Waals surface area (Å²) in [5.41, 5.74) is 0. The standard InChI is InChI=1S/2C14H28O2.2Zn/c2*1-2-3-4-5-6-7-8-9-10-11-12-13-14(15)16;;/h2*2-13H2,1H3,(H,15,16);;/q;;2*+2. The van der Waals surface area contributed by atoms with E-state index < -0.39 is 11.9 Å². The first-order valence-electron chi connectivity index (χ1n) is 14.0. The zero-order valence-electron chi connectivity index (χ0n) is 23.1. The second-order valence-electron chi connectivity index (χ2n) is 9.36. The second-order valence-corrected chi connectivity index (χ2v) is 9.36. The number of unbranched alkanes of at least 4 members (excludes halogenated alkanes) is 20. The van der Waals surface area contributed by atoms with Gasteiger partial charge in [-0.25, -0.2) is 0 Å². The van der Waals surface area contributed by atoms with Gasteiger partial charge >= 0.3 is 50.9 Å². The molecule has 0 spiro atoms. The van der Waals surface area contributed by atoms with Crippen molar-refractivity contribution >= 4 is 11.9 Å². The molecular weight excluding hydrogens is 531 g/mol. The summed E-state index contributed by atoms with van der Waals surface area (Å²) in [5.74, 6) is -1.31. The Bertz CT molecular complexity index is 357. The van der Waals surface area contributed by atoms with Gasteiger partial charge in [0.25, 0.3) is 0 Å². The summed E-state index contributed by atoms with van der Waals surface area (Å²) in [4.78, 5) is 20.5. The van der Waals surface area contributed by atoms with Gasteiger partial charge in [0.1, 0.15) is 0 Å². The maximum absolute atomic E-state index is 10.3. The Morgan fingerprint density at radius 2 is 0.559 bits per heavy atom. The molecule has 0 aromatic heterocycles. The molecule has 0 atom stereocenters. The van der Waals surface area contributed by atoms with Crippen molar-refractivity contribution in [2.75, 3.05) is 0 Å². The number of rotatable bonds is 24. The van der Waals surface area contributed by atoms with Crippen LogP contribution in [0.3, 0.4) is 0 Å². The van der Waals surface area contributed by atoms with Crippen LogP contribution in [0.25, 0.3) is 0 Å². The van der Waals surface area contributed by atoms with Crippen LogP contribution in [-0.4, -0.2) is 22.2 Å². The van der Waals surface area contributed by atoms with Crippen molar-refractivity contribution < 1.29 is 58.8 Å². The van der Waals surface area contributed by atoms with Gasteiger partial charge < -0.3 is 10.2 Å². The number of hydrogen-bond donors (Lipinski definition) is 2. The van der Waals surface area contributed by atoms with E-state index in [2.05, 4.69) is 13.8 Å². The normalized spacial score (nSPS) is 9.94. The van der Waals surface area contributed by atoms with Crippen LogP contribution < -0.4 is 0 Å². The van der Waals surface area contributed by atoms with Crippen molar-refractivity contribution in [3.05, 3.63) is 0 Å². The van der Waals surface area contributed by atoms with E-state index in [-0.39, 0.29) is 39.0 Å². The van der Waals surface area contributed by atoms with Crippen molar-refractivity contribution in [1.82, 2.24) is 0 Å². The van der Waals surface area contributed by atoms with Crippen LogP contribution in [-0.2, 0) is 48.5 Å². The van der Waals surface area contributed by atoms with Gasteiger partial charge in [-0.1, -0.05) is 142 Å². The molecule has 0 aromatic rings. The Labute approximate surface area is 237 Å². The minimum Gasteiger partial charge on any atom is -0.481 e. The summed E-state index contributed by atoms with van der Waals surface area (Å²) in [7, 11) is 0. The van der Waals surface area contributed by atoms with E-state index in [0.717, 1.165) is 25.7 Å². The molecule has 34 heavy (non-hydrogen) atoms. The Balaban J connectivity index is -0.000000250. The van der Waals surface area contributed by atoms with E-state index in [4.69, 9.17) is 10.2 Å². The predicted octanol–water partition coefficient (Wildman–Crippen LogP) is 9.54. The molecule has 0 bridgehead atoms. The Kier molecular flexibility index (Phi) is 45.9. The van der Waals surface area contributed by atoms with E-state index in [1.165, 1.54) is 116 Å². The average Bonchev–Trinajstić information content (AvgIpc) is 2.76. The first-order chi connectivity index (χ1) is 15.5. The molecule has 0 aliphatic carbocycles. The van der Waals surface area contributed by atoms with Crippen molar-refractivity contribution in [2.24, 2.45) is 0 Å². The molecule has 0 aromatic carbocycles. The number of hydrogen-bond acceptors (Lipinski definition) is 2. The van der Waals surface area contributed by atoms with Crippen LogP contribution in [0.4, 0.5) is 0 Å². The summed E-state index contributed by atoms with van der Waals surface area (Å²) in [5, 5.41) is 16.9. The first kappa shape index (κ1) is 41.3. The van der Waals surface area contributed by atoms with Gasteiger partial charge in [-0.15, -0.1) is 0 Å². The maximum atomic E-state index is 10.3. The summed E-state index contributed by atoms with van der Waals surface area (Å²) >= 11 is 0. The minimum absolute atomic E-state index is 0. The third-order valence-electron chi connectivity index (χ3n) is 5.99. The molecule has 0 radical (unpaired) electrons. The van der Waals surface area contributed by atoms with Gasteiger partial charge in [-0.2, -0.15) is 0 Å². The van der Waals surface area contributed by atoms with Crippen LogP contribution in [0.5, 0.6) is 0 Å². The van der Waals surface area contributed by atoms with Crippen molar-refractivity contribution in [3.8, 4) is 0 Å². The average molecular weight is 588 g/mol. The summed E-state index contributed by atoms with van der Waals surface area (Å²) in [6, 6.07) is 0. The molecule has 0 aliphatic heterocycles. The van der Waals surface area contributed by atoms with E-state index in [1.807, 2.05) is 0 Å². The molecule has 0 amide bonds. The fourth-order valence-electron chi connectivity index (χ4n) is 3.88. The van der Waals surface area contributed by atoms with E-state index in [1.54, 1.807) is 0 Å². The predicted molar refractivity (Wildman–Crippen MR) is 137 cm³/mol. The molecule has 6 heteroatoms. The van der Waals surface area contributed by atoms with E-state index in [9.17, 15) is 9.59 Å².